The molecule has 17 heavy (non-hydrogen) atoms. The van der Waals surface area contributed by atoms with Gasteiger partial charge in [-0.3, -0.25) is 0 Å². The van der Waals surface area contributed by atoms with Gasteiger partial charge >= 0.3 is 7.12 Å². The minimum atomic E-state index is -1.41. The first-order chi connectivity index (χ1) is 8.13. The number of hydrogen-bond donors (Lipinski definition) is 3. The van der Waals surface area contributed by atoms with Crippen LogP contribution < -0.4 is 10.8 Å². The number of nitrogens with one attached hydrogen (secondary N) is 1. The Morgan fingerprint density at radius 1 is 1.24 bits per heavy atom. The fourth-order valence-electron chi connectivity index (χ4n) is 1.59. The molecule has 0 aliphatic rings. The zero-order valence-electron chi connectivity index (χ0n) is 10.3. The van der Waals surface area contributed by atoms with Gasteiger partial charge in [0, 0.05) is 11.4 Å². The Balaban J connectivity index is 2.43. The average molecular weight is 233 g/mol. The van der Waals surface area contributed by atoms with Gasteiger partial charge in [-0.25, -0.2) is 0 Å². The van der Waals surface area contributed by atoms with Crippen molar-refractivity contribution in [3.05, 3.63) is 36.5 Å². The van der Waals surface area contributed by atoms with Crippen molar-refractivity contribution in [2.75, 3.05) is 5.32 Å². The molecule has 1 aromatic carbocycles. The summed E-state index contributed by atoms with van der Waals surface area (Å²) in [7, 11) is -1.41. The van der Waals surface area contributed by atoms with E-state index in [1.54, 1.807) is 12.1 Å². The van der Waals surface area contributed by atoms with Crippen LogP contribution in [0.3, 0.4) is 0 Å². The Morgan fingerprint density at radius 2 is 1.88 bits per heavy atom. The van der Waals surface area contributed by atoms with Crippen molar-refractivity contribution >= 4 is 18.3 Å². The summed E-state index contributed by atoms with van der Waals surface area (Å²) < 4.78 is 0. The van der Waals surface area contributed by atoms with Crippen LogP contribution in [0, 0.1) is 0 Å². The molecule has 0 spiro atoms. The molecule has 3 N–H and O–H groups in total. The highest BCUT2D eigenvalue weighted by Crippen LogP contribution is 2.12. The molecule has 0 radical (unpaired) electrons. The summed E-state index contributed by atoms with van der Waals surface area (Å²) in [5.74, 6) is 0. The second-order valence-electron chi connectivity index (χ2n) is 4.18. The predicted octanol–water partition coefficient (Wildman–Crippen LogP) is 1.87. The van der Waals surface area contributed by atoms with Crippen LogP contribution >= 0.6 is 0 Å². The first-order valence-electron chi connectivity index (χ1n) is 6.04. The molecule has 0 saturated carbocycles. The molecule has 0 bridgehead atoms. The summed E-state index contributed by atoms with van der Waals surface area (Å²) in [5.41, 5.74) is 2.42. The van der Waals surface area contributed by atoms with Gasteiger partial charge in [0.2, 0.25) is 0 Å². The van der Waals surface area contributed by atoms with Crippen molar-refractivity contribution in [3.8, 4) is 0 Å². The van der Waals surface area contributed by atoms with Gasteiger partial charge in [0.15, 0.2) is 0 Å². The molecule has 0 amide bonds. The third-order valence-corrected chi connectivity index (χ3v) is 2.61. The van der Waals surface area contributed by atoms with Crippen LogP contribution in [0.1, 0.15) is 32.6 Å². The maximum Gasteiger partial charge on any atom is 0.488 e. The van der Waals surface area contributed by atoms with E-state index in [2.05, 4.69) is 18.8 Å². The summed E-state index contributed by atoms with van der Waals surface area (Å²) in [4.78, 5) is 0. The molecule has 92 valence electrons. The van der Waals surface area contributed by atoms with E-state index in [0.29, 0.717) is 5.46 Å². The van der Waals surface area contributed by atoms with Crippen LogP contribution in [-0.4, -0.2) is 17.2 Å². The Bertz CT molecular complexity index is 349. The zero-order valence-corrected chi connectivity index (χ0v) is 10.3. The lowest BCUT2D eigenvalue weighted by Gasteiger charge is -2.10. The number of unbranched alkanes of at least 4 members (excludes halogenated alkanes) is 2. The molecule has 0 heterocycles. The van der Waals surface area contributed by atoms with Gasteiger partial charge in [-0.05, 0) is 30.4 Å². The number of benzene rings is 1. The van der Waals surface area contributed by atoms with Crippen molar-refractivity contribution in [3.63, 3.8) is 0 Å². The smallest absolute Gasteiger partial charge is 0.423 e. The predicted molar refractivity (Wildman–Crippen MR) is 73.2 cm³/mol. The van der Waals surface area contributed by atoms with Crippen LogP contribution in [0.25, 0.3) is 0 Å². The zero-order chi connectivity index (χ0) is 12.7. The second-order valence-corrected chi connectivity index (χ2v) is 4.18. The van der Waals surface area contributed by atoms with E-state index in [1.807, 2.05) is 12.1 Å². The standard InChI is InChI=1S/C13H20BNO2/c1-3-4-5-6-11(2)15-13-9-7-12(8-10-13)14(16)17/h7-10,15-17H,2-6H2,1H3. The highest BCUT2D eigenvalue weighted by molar-refractivity contribution is 6.58. The molecule has 0 aliphatic heterocycles. The number of hydrogen-bond acceptors (Lipinski definition) is 3. The number of allylic oxidation sites excluding steroid dienone is 1. The lowest BCUT2D eigenvalue weighted by Crippen LogP contribution is -2.29. The molecule has 0 fully saturated rings. The van der Waals surface area contributed by atoms with E-state index in [9.17, 15) is 0 Å². The Kier molecular flexibility index (Phi) is 5.80. The normalized spacial score (nSPS) is 10.1. The highest BCUT2D eigenvalue weighted by Gasteiger charge is 2.09. The number of rotatable bonds is 7. The molecule has 4 heteroatoms. The molecule has 3 nitrogen and oxygen atoms in total. The van der Waals surface area contributed by atoms with Gasteiger partial charge in [-0.1, -0.05) is 38.5 Å². The second kappa shape index (κ2) is 7.15. The third kappa shape index (κ3) is 5.07. The fourth-order valence-corrected chi connectivity index (χ4v) is 1.59. The van der Waals surface area contributed by atoms with E-state index in [0.717, 1.165) is 24.2 Å². The van der Waals surface area contributed by atoms with Crippen molar-refractivity contribution in [1.29, 1.82) is 0 Å². The molecule has 1 aromatic rings. The minimum absolute atomic E-state index is 0.493. The lowest BCUT2D eigenvalue weighted by molar-refractivity contribution is 0.426. The van der Waals surface area contributed by atoms with E-state index >= 15 is 0 Å². The van der Waals surface area contributed by atoms with Gasteiger partial charge in [0.25, 0.3) is 0 Å². The Morgan fingerprint density at radius 3 is 2.41 bits per heavy atom. The largest absolute Gasteiger partial charge is 0.488 e. The quantitative estimate of drug-likeness (QED) is 0.497. The molecule has 0 aliphatic carbocycles. The van der Waals surface area contributed by atoms with Crippen molar-refractivity contribution in [2.45, 2.75) is 32.6 Å². The molecule has 0 aromatic heterocycles. The minimum Gasteiger partial charge on any atom is -0.423 e. The fraction of sp³-hybridized carbons (Fsp3) is 0.385. The molecular weight excluding hydrogens is 213 g/mol. The number of anilines is 1. The molecule has 0 saturated heterocycles. The van der Waals surface area contributed by atoms with E-state index in [1.165, 1.54) is 12.8 Å². The first-order valence-corrected chi connectivity index (χ1v) is 6.04. The molecule has 0 atom stereocenters. The van der Waals surface area contributed by atoms with Gasteiger partial charge in [0.05, 0.1) is 0 Å². The topological polar surface area (TPSA) is 52.5 Å². The summed E-state index contributed by atoms with van der Waals surface area (Å²) in [6.07, 6.45) is 4.54. The van der Waals surface area contributed by atoms with Gasteiger partial charge in [-0.2, -0.15) is 0 Å². The van der Waals surface area contributed by atoms with Gasteiger partial charge in [0.1, 0.15) is 0 Å². The average Bonchev–Trinajstić information content (AvgIpc) is 2.30. The summed E-state index contributed by atoms with van der Waals surface area (Å²) in [6, 6.07) is 7.01. The highest BCUT2D eigenvalue weighted by atomic mass is 16.4. The van der Waals surface area contributed by atoms with Crippen LogP contribution in [-0.2, 0) is 0 Å². The van der Waals surface area contributed by atoms with Crippen LogP contribution in [0.4, 0.5) is 5.69 Å². The van der Waals surface area contributed by atoms with Crippen molar-refractivity contribution < 1.29 is 10.0 Å². The van der Waals surface area contributed by atoms with Crippen LogP contribution in [0.15, 0.2) is 36.5 Å². The maximum absolute atomic E-state index is 8.96. The summed E-state index contributed by atoms with van der Waals surface area (Å²) >= 11 is 0. The van der Waals surface area contributed by atoms with Crippen LogP contribution in [0.2, 0.25) is 0 Å². The van der Waals surface area contributed by atoms with Crippen molar-refractivity contribution in [2.24, 2.45) is 0 Å². The van der Waals surface area contributed by atoms with Gasteiger partial charge < -0.3 is 15.4 Å². The molecular formula is C13H20BNO2. The summed E-state index contributed by atoms with van der Waals surface area (Å²) in [5, 5.41) is 21.1. The van der Waals surface area contributed by atoms with Gasteiger partial charge in [-0.15, -0.1) is 0 Å². The van der Waals surface area contributed by atoms with E-state index in [-0.39, 0.29) is 0 Å². The Labute approximate surface area is 103 Å². The molecule has 1 rings (SSSR count). The first kappa shape index (κ1) is 13.8. The maximum atomic E-state index is 8.96. The lowest BCUT2D eigenvalue weighted by atomic mass is 9.80. The summed E-state index contributed by atoms with van der Waals surface area (Å²) in [6.45, 7) is 6.15. The molecule has 0 unspecified atom stereocenters. The van der Waals surface area contributed by atoms with E-state index in [4.69, 9.17) is 10.0 Å². The van der Waals surface area contributed by atoms with E-state index < -0.39 is 7.12 Å². The Hall–Kier alpha value is -1.26. The van der Waals surface area contributed by atoms with Crippen molar-refractivity contribution in [1.82, 2.24) is 0 Å². The third-order valence-electron chi connectivity index (χ3n) is 2.61. The SMILES string of the molecule is C=C(CCCCC)Nc1ccc(B(O)O)cc1. The van der Waals surface area contributed by atoms with Crippen LogP contribution in [0.5, 0.6) is 0 Å². The monoisotopic (exact) mass is 233 g/mol.